The summed E-state index contributed by atoms with van der Waals surface area (Å²) >= 11 is 0. The predicted octanol–water partition coefficient (Wildman–Crippen LogP) is 0.277. The number of rotatable bonds is 1. The van der Waals surface area contributed by atoms with Crippen molar-refractivity contribution in [2.45, 2.75) is 19.0 Å². The lowest BCUT2D eigenvalue weighted by Gasteiger charge is -2.13. The van der Waals surface area contributed by atoms with Gasteiger partial charge in [-0.15, -0.1) is 0 Å². The maximum absolute atomic E-state index is 12.3. The molecule has 0 amide bonds. The van der Waals surface area contributed by atoms with E-state index in [0.29, 0.717) is 10.9 Å². The maximum Gasteiger partial charge on any atom is 0.330 e. The quantitative estimate of drug-likeness (QED) is 0.675. The fraction of sp³-hybridized carbons (Fsp3) is 0.333. The van der Waals surface area contributed by atoms with Gasteiger partial charge in [0.2, 0.25) is 0 Å². The van der Waals surface area contributed by atoms with Crippen LogP contribution in [0.4, 0.5) is 0 Å². The van der Waals surface area contributed by atoms with Gasteiger partial charge < -0.3 is 10.1 Å². The van der Waals surface area contributed by atoms with Crippen LogP contribution in [-0.4, -0.2) is 21.2 Å². The lowest BCUT2D eigenvalue weighted by Crippen LogP contribution is -2.41. The predicted molar refractivity (Wildman–Crippen MR) is 66.8 cm³/mol. The van der Waals surface area contributed by atoms with Crippen molar-refractivity contribution in [2.24, 2.45) is 0 Å². The average molecular weight is 247 g/mol. The highest BCUT2D eigenvalue weighted by Gasteiger charge is 2.20. The third-order valence-corrected chi connectivity index (χ3v) is 3.26. The van der Waals surface area contributed by atoms with Crippen molar-refractivity contribution in [3.63, 3.8) is 0 Å². The summed E-state index contributed by atoms with van der Waals surface area (Å²) in [6.07, 6.45) is 1.48. The molecule has 0 saturated carbocycles. The molecule has 3 rings (SSSR count). The molecule has 0 radical (unpaired) electrons. The van der Waals surface area contributed by atoms with Crippen molar-refractivity contribution in [3.8, 4) is 5.75 Å². The first-order valence-corrected chi connectivity index (χ1v) is 5.88. The summed E-state index contributed by atoms with van der Waals surface area (Å²) in [6.45, 7) is 0.810. The number of phenolic OH excluding ortho intramolecular Hbond substituents is 1. The Kier molecular flexibility index (Phi) is 2.45. The molecule has 1 unspecified atom stereocenters. The average Bonchev–Trinajstić information content (AvgIpc) is 2.82. The summed E-state index contributed by atoms with van der Waals surface area (Å²) < 4.78 is 1.21. The van der Waals surface area contributed by atoms with Crippen LogP contribution in [0.1, 0.15) is 19.0 Å². The standard InChI is InChI=1S/C12H13N3O3/c16-7-3-4-8-9(6-7)14-12(18)15(11(8)17)10-2-1-5-13-10/h3-4,6,10,13,16H,1-2,5H2,(H,14,18). The molecular formula is C12H13N3O3. The Morgan fingerprint density at radius 3 is 2.89 bits per heavy atom. The molecule has 0 bridgehead atoms. The van der Waals surface area contributed by atoms with E-state index in [-0.39, 0.29) is 17.5 Å². The van der Waals surface area contributed by atoms with Crippen LogP contribution >= 0.6 is 0 Å². The number of phenols is 1. The van der Waals surface area contributed by atoms with Gasteiger partial charge in [-0.3, -0.25) is 10.1 Å². The summed E-state index contributed by atoms with van der Waals surface area (Å²) in [7, 11) is 0. The number of aromatic nitrogens is 2. The Hall–Kier alpha value is -2.08. The molecule has 3 N–H and O–H groups in total. The number of nitrogens with one attached hydrogen (secondary N) is 2. The second kappa shape index (κ2) is 3.99. The molecule has 1 saturated heterocycles. The smallest absolute Gasteiger partial charge is 0.330 e. The molecule has 1 atom stereocenters. The highest BCUT2D eigenvalue weighted by atomic mass is 16.3. The van der Waals surface area contributed by atoms with Gasteiger partial charge >= 0.3 is 5.69 Å². The van der Waals surface area contributed by atoms with E-state index in [1.54, 1.807) is 0 Å². The topological polar surface area (TPSA) is 87.1 Å². The molecule has 6 nitrogen and oxygen atoms in total. The highest BCUT2D eigenvalue weighted by Crippen LogP contribution is 2.16. The number of H-pyrrole nitrogens is 1. The minimum absolute atomic E-state index is 0.0225. The van der Waals surface area contributed by atoms with Gasteiger partial charge in [0.1, 0.15) is 5.75 Å². The Balaban J connectivity index is 2.30. The number of nitrogens with zero attached hydrogens (tertiary/aromatic N) is 1. The Morgan fingerprint density at radius 2 is 2.17 bits per heavy atom. The first-order chi connectivity index (χ1) is 8.66. The third-order valence-electron chi connectivity index (χ3n) is 3.26. The van der Waals surface area contributed by atoms with Crippen LogP contribution in [0.3, 0.4) is 0 Å². The van der Waals surface area contributed by atoms with Crippen LogP contribution in [-0.2, 0) is 0 Å². The van der Waals surface area contributed by atoms with Gasteiger partial charge in [0, 0.05) is 6.07 Å². The molecule has 1 aliphatic heterocycles. The number of aromatic hydroxyl groups is 1. The molecule has 0 aliphatic carbocycles. The maximum atomic E-state index is 12.3. The van der Waals surface area contributed by atoms with E-state index >= 15 is 0 Å². The summed E-state index contributed by atoms with van der Waals surface area (Å²) in [5.74, 6) is 0.0225. The number of benzene rings is 1. The fourth-order valence-corrected chi connectivity index (χ4v) is 2.39. The molecular weight excluding hydrogens is 234 g/mol. The van der Waals surface area contributed by atoms with E-state index < -0.39 is 5.69 Å². The van der Waals surface area contributed by atoms with Gasteiger partial charge in [-0.2, -0.15) is 0 Å². The second-order valence-corrected chi connectivity index (χ2v) is 4.45. The normalized spacial score (nSPS) is 19.4. The zero-order chi connectivity index (χ0) is 12.7. The van der Waals surface area contributed by atoms with Crippen molar-refractivity contribution in [1.29, 1.82) is 0 Å². The lowest BCUT2D eigenvalue weighted by molar-refractivity contribution is 0.439. The summed E-state index contributed by atoms with van der Waals surface area (Å²) in [5, 5.41) is 12.9. The van der Waals surface area contributed by atoms with Gasteiger partial charge in [-0.05, 0) is 31.5 Å². The molecule has 0 spiro atoms. The van der Waals surface area contributed by atoms with Crippen molar-refractivity contribution in [2.75, 3.05) is 6.54 Å². The second-order valence-electron chi connectivity index (χ2n) is 4.45. The van der Waals surface area contributed by atoms with Gasteiger partial charge in [-0.25, -0.2) is 9.36 Å². The van der Waals surface area contributed by atoms with E-state index in [2.05, 4.69) is 10.3 Å². The summed E-state index contributed by atoms with van der Waals surface area (Å²) in [6, 6.07) is 4.34. The molecule has 6 heteroatoms. The van der Waals surface area contributed by atoms with E-state index in [4.69, 9.17) is 0 Å². The first-order valence-electron chi connectivity index (χ1n) is 5.88. The Bertz CT molecular complexity index is 711. The first kappa shape index (κ1) is 11.0. The van der Waals surface area contributed by atoms with Crippen LogP contribution in [0.5, 0.6) is 5.75 Å². The van der Waals surface area contributed by atoms with Crippen LogP contribution in [0, 0.1) is 0 Å². The van der Waals surface area contributed by atoms with Crippen molar-refractivity contribution >= 4 is 10.9 Å². The Labute approximate surface area is 102 Å². The van der Waals surface area contributed by atoms with Gasteiger partial charge in [0.05, 0.1) is 17.1 Å². The minimum atomic E-state index is -0.447. The van der Waals surface area contributed by atoms with Crippen molar-refractivity contribution in [3.05, 3.63) is 39.0 Å². The summed E-state index contributed by atoms with van der Waals surface area (Å²) in [5.41, 5.74) is -0.412. The molecule has 18 heavy (non-hydrogen) atoms. The number of aromatic amines is 1. The molecule has 1 aromatic carbocycles. The van der Waals surface area contributed by atoms with Crippen molar-refractivity contribution < 1.29 is 5.11 Å². The van der Waals surface area contributed by atoms with Crippen LogP contribution in [0.2, 0.25) is 0 Å². The minimum Gasteiger partial charge on any atom is -0.508 e. The summed E-state index contributed by atoms with van der Waals surface area (Å²) in [4.78, 5) is 26.8. The van der Waals surface area contributed by atoms with Crippen molar-refractivity contribution in [1.82, 2.24) is 14.9 Å². The van der Waals surface area contributed by atoms with Crippen LogP contribution in [0.15, 0.2) is 27.8 Å². The lowest BCUT2D eigenvalue weighted by atomic mass is 10.2. The zero-order valence-corrected chi connectivity index (χ0v) is 9.64. The molecule has 94 valence electrons. The number of hydrogen-bond acceptors (Lipinski definition) is 4. The monoisotopic (exact) mass is 247 g/mol. The largest absolute Gasteiger partial charge is 0.508 e. The molecule has 2 aromatic rings. The van der Waals surface area contributed by atoms with E-state index in [0.717, 1.165) is 19.4 Å². The van der Waals surface area contributed by atoms with Gasteiger partial charge in [0.25, 0.3) is 5.56 Å². The van der Waals surface area contributed by atoms with E-state index in [9.17, 15) is 14.7 Å². The van der Waals surface area contributed by atoms with Crippen LogP contribution < -0.4 is 16.6 Å². The van der Waals surface area contributed by atoms with E-state index in [1.165, 1.54) is 22.8 Å². The molecule has 1 fully saturated rings. The third kappa shape index (κ3) is 1.62. The molecule has 1 aromatic heterocycles. The Morgan fingerprint density at radius 1 is 1.33 bits per heavy atom. The van der Waals surface area contributed by atoms with Gasteiger partial charge in [0.15, 0.2) is 0 Å². The van der Waals surface area contributed by atoms with Crippen LogP contribution in [0.25, 0.3) is 10.9 Å². The highest BCUT2D eigenvalue weighted by molar-refractivity contribution is 5.78. The fourth-order valence-electron chi connectivity index (χ4n) is 2.39. The molecule has 1 aliphatic rings. The zero-order valence-electron chi connectivity index (χ0n) is 9.64. The SMILES string of the molecule is O=c1[nH]c2cc(O)ccc2c(=O)n1C1CCCN1. The number of fused-ring (bicyclic) bond motifs is 1. The molecule has 2 heterocycles. The van der Waals surface area contributed by atoms with E-state index in [1.807, 2.05) is 0 Å². The number of hydrogen-bond donors (Lipinski definition) is 3. The van der Waals surface area contributed by atoms with Gasteiger partial charge in [-0.1, -0.05) is 0 Å².